The molecular weight excluding hydrogens is 382 g/mol. The number of rotatable bonds is 6. The van der Waals surface area contributed by atoms with Gasteiger partial charge in [0.25, 0.3) is 0 Å². The van der Waals surface area contributed by atoms with Gasteiger partial charge in [0.2, 0.25) is 0 Å². The lowest BCUT2D eigenvalue weighted by Gasteiger charge is -2.45. The smallest absolute Gasteiger partial charge is 0.0692 e. The Balaban J connectivity index is 1.43. The SMILES string of the molecule is CN(C)C1(c2ccccc2)CCC(c2[nH]c3ccccc3c2CCn2ccnn2)CC1. The van der Waals surface area contributed by atoms with Crippen molar-refractivity contribution < 1.29 is 0 Å². The highest BCUT2D eigenvalue weighted by molar-refractivity contribution is 5.84. The summed E-state index contributed by atoms with van der Waals surface area (Å²) in [6, 6.07) is 19.8. The van der Waals surface area contributed by atoms with Crippen LogP contribution in [-0.4, -0.2) is 39.0 Å². The minimum atomic E-state index is 0.130. The van der Waals surface area contributed by atoms with Crippen LogP contribution in [-0.2, 0) is 18.5 Å². The first kappa shape index (κ1) is 20.0. The molecule has 5 heteroatoms. The molecule has 2 heterocycles. The van der Waals surface area contributed by atoms with Gasteiger partial charge in [0, 0.05) is 34.9 Å². The van der Waals surface area contributed by atoms with E-state index in [-0.39, 0.29) is 5.54 Å². The summed E-state index contributed by atoms with van der Waals surface area (Å²) in [6.45, 7) is 0.854. The van der Waals surface area contributed by atoms with Crippen LogP contribution in [0.15, 0.2) is 67.0 Å². The second-order valence-electron chi connectivity index (χ2n) is 9.05. The van der Waals surface area contributed by atoms with E-state index in [1.165, 1.54) is 53.4 Å². The summed E-state index contributed by atoms with van der Waals surface area (Å²) in [5.74, 6) is 0.565. The molecule has 1 aliphatic rings. The van der Waals surface area contributed by atoms with Crippen molar-refractivity contribution in [2.45, 2.75) is 50.1 Å². The van der Waals surface area contributed by atoms with Gasteiger partial charge in [-0.15, -0.1) is 5.10 Å². The molecule has 0 aliphatic heterocycles. The maximum Gasteiger partial charge on any atom is 0.0692 e. The molecule has 1 saturated carbocycles. The third-order valence-electron chi connectivity index (χ3n) is 7.30. The lowest BCUT2D eigenvalue weighted by molar-refractivity contribution is 0.0903. The molecule has 1 fully saturated rings. The van der Waals surface area contributed by atoms with Crippen LogP contribution in [0.3, 0.4) is 0 Å². The van der Waals surface area contributed by atoms with E-state index in [9.17, 15) is 0 Å². The van der Waals surface area contributed by atoms with E-state index < -0.39 is 0 Å². The minimum Gasteiger partial charge on any atom is -0.358 e. The minimum absolute atomic E-state index is 0.130. The molecule has 2 aromatic carbocycles. The van der Waals surface area contributed by atoms with Gasteiger partial charge in [-0.25, -0.2) is 0 Å². The first-order chi connectivity index (χ1) is 15.2. The van der Waals surface area contributed by atoms with Crippen molar-refractivity contribution in [2.75, 3.05) is 14.1 Å². The van der Waals surface area contributed by atoms with Gasteiger partial charge in [-0.3, -0.25) is 9.58 Å². The van der Waals surface area contributed by atoms with Gasteiger partial charge >= 0.3 is 0 Å². The number of hydrogen-bond donors (Lipinski definition) is 1. The molecule has 0 spiro atoms. The Morgan fingerprint density at radius 3 is 2.48 bits per heavy atom. The highest BCUT2D eigenvalue weighted by atomic mass is 15.4. The van der Waals surface area contributed by atoms with Crippen molar-refractivity contribution in [2.24, 2.45) is 0 Å². The second-order valence-corrected chi connectivity index (χ2v) is 9.05. The van der Waals surface area contributed by atoms with Crippen LogP contribution < -0.4 is 0 Å². The molecule has 0 amide bonds. The van der Waals surface area contributed by atoms with Crippen molar-refractivity contribution in [1.82, 2.24) is 24.9 Å². The van der Waals surface area contributed by atoms with Gasteiger partial charge in [0.1, 0.15) is 0 Å². The van der Waals surface area contributed by atoms with Gasteiger partial charge in [-0.05, 0) is 69.3 Å². The van der Waals surface area contributed by atoms with Gasteiger partial charge in [-0.2, -0.15) is 0 Å². The number of aryl methyl sites for hydroxylation is 2. The highest BCUT2D eigenvalue weighted by Gasteiger charge is 2.39. The standard InChI is InChI=1S/C26H31N5/c1-30(2)26(21-8-4-3-5-9-21)15-12-20(13-16-26)25-23(14-18-31-19-17-27-29-31)22-10-6-7-11-24(22)28-25/h3-11,17,19-20,28H,12-16,18H2,1-2H3. The number of nitrogens with one attached hydrogen (secondary N) is 1. The molecule has 0 bridgehead atoms. The van der Waals surface area contributed by atoms with E-state index in [1.54, 1.807) is 6.20 Å². The molecule has 1 N–H and O–H groups in total. The number of H-pyrrole nitrogens is 1. The molecule has 31 heavy (non-hydrogen) atoms. The second kappa shape index (κ2) is 8.31. The quantitative estimate of drug-likeness (QED) is 0.477. The average Bonchev–Trinajstić information content (AvgIpc) is 3.46. The molecule has 5 rings (SSSR count). The Hall–Kier alpha value is -2.92. The van der Waals surface area contributed by atoms with E-state index in [1.807, 2.05) is 10.9 Å². The Kier molecular flexibility index (Phi) is 5.36. The van der Waals surface area contributed by atoms with Crippen LogP contribution >= 0.6 is 0 Å². The molecule has 0 atom stereocenters. The van der Waals surface area contributed by atoms with Crippen molar-refractivity contribution in [3.05, 3.63) is 83.8 Å². The van der Waals surface area contributed by atoms with E-state index in [0.717, 1.165) is 13.0 Å². The Bertz CT molecular complexity index is 1120. The van der Waals surface area contributed by atoms with E-state index in [0.29, 0.717) is 5.92 Å². The molecule has 2 aromatic heterocycles. The summed E-state index contributed by atoms with van der Waals surface area (Å²) in [5, 5.41) is 9.47. The first-order valence-electron chi connectivity index (χ1n) is 11.3. The number of hydrogen-bond acceptors (Lipinski definition) is 3. The largest absolute Gasteiger partial charge is 0.358 e. The molecule has 4 aromatic rings. The number of aromatic nitrogens is 4. The number of nitrogens with zero attached hydrogens (tertiary/aromatic N) is 4. The number of fused-ring (bicyclic) bond motifs is 1. The zero-order chi connectivity index (χ0) is 21.3. The molecule has 0 unspecified atom stereocenters. The predicted molar refractivity (Wildman–Crippen MR) is 125 cm³/mol. The fraction of sp³-hybridized carbons (Fsp3) is 0.385. The molecule has 0 saturated heterocycles. The van der Waals surface area contributed by atoms with Crippen LogP contribution in [0, 0.1) is 0 Å². The fourth-order valence-corrected chi connectivity index (χ4v) is 5.54. The Labute approximate surface area is 184 Å². The summed E-state index contributed by atoms with van der Waals surface area (Å²) in [4.78, 5) is 6.24. The van der Waals surface area contributed by atoms with Crippen molar-refractivity contribution in [3.8, 4) is 0 Å². The molecule has 5 nitrogen and oxygen atoms in total. The number of para-hydroxylation sites is 1. The zero-order valence-electron chi connectivity index (χ0n) is 18.5. The van der Waals surface area contributed by atoms with Crippen LogP contribution in [0.4, 0.5) is 0 Å². The summed E-state index contributed by atoms with van der Waals surface area (Å²) < 4.78 is 1.93. The maximum atomic E-state index is 4.16. The van der Waals surface area contributed by atoms with Crippen LogP contribution in [0.2, 0.25) is 0 Å². The van der Waals surface area contributed by atoms with Gasteiger partial charge in [0.15, 0.2) is 0 Å². The van der Waals surface area contributed by atoms with Crippen molar-refractivity contribution >= 4 is 10.9 Å². The van der Waals surface area contributed by atoms with Gasteiger partial charge in [-0.1, -0.05) is 53.7 Å². The van der Waals surface area contributed by atoms with Gasteiger partial charge in [0.05, 0.1) is 6.20 Å². The summed E-state index contributed by atoms with van der Waals surface area (Å²) in [5.41, 5.74) is 5.71. The molecular formula is C26H31N5. The number of benzene rings is 2. The summed E-state index contributed by atoms with van der Waals surface area (Å²) in [7, 11) is 4.47. The van der Waals surface area contributed by atoms with Crippen LogP contribution in [0.25, 0.3) is 10.9 Å². The summed E-state index contributed by atoms with van der Waals surface area (Å²) in [6.07, 6.45) is 9.39. The zero-order valence-corrected chi connectivity index (χ0v) is 18.5. The third kappa shape index (κ3) is 3.68. The first-order valence-corrected chi connectivity index (χ1v) is 11.3. The fourth-order valence-electron chi connectivity index (χ4n) is 5.54. The molecule has 160 valence electrons. The van der Waals surface area contributed by atoms with E-state index >= 15 is 0 Å². The monoisotopic (exact) mass is 413 g/mol. The van der Waals surface area contributed by atoms with E-state index in [2.05, 4.69) is 88.9 Å². The van der Waals surface area contributed by atoms with Crippen LogP contribution in [0.5, 0.6) is 0 Å². The summed E-state index contributed by atoms with van der Waals surface area (Å²) >= 11 is 0. The molecule has 1 aliphatic carbocycles. The van der Waals surface area contributed by atoms with Crippen LogP contribution in [0.1, 0.15) is 48.4 Å². The predicted octanol–water partition coefficient (Wildman–Crippen LogP) is 5.12. The van der Waals surface area contributed by atoms with Gasteiger partial charge < -0.3 is 4.98 Å². The Morgan fingerprint density at radius 1 is 1.03 bits per heavy atom. The lowest BCUT2D eigenvalue weighted by Crippen LogP contribution is -2.44. The normalized spacial score (nSPS) is 21.7. The van der Waals surface area contributed by atoms with Crippen molar-refractivity contribution in [1.29, 1.82) is 0 Å². The highest BCUT2D eigenvalue weighted by Crippen LogP contribution is 2.47. The third-order valence-corrected chi connectivity index (χ3v) is 7.30. The average molecular weight is 414 g/mol. The number of aromatic amines is 1. The maximum absolute atomic E-state index is 4.16. The lowest BCUT2D eigenvalue weighted by atomic mass is 9.70. The van der Waals surface area contributed by atoms with E-state index in [4.69, 9.17) is 0 Å². The Morgan fingerprint density at radius 2 is 1.77 bits per heavy atom. The topological polar surface area (TPSA) is 49.7 Å². The van der Waals surface area contributed by atoms with Crippen molar-refractivity contribution in [3.63, 3.8) is 0 Å². The molecule has 0 radical (unpaired) electrons.